The fourth-order valence-electron chi connectivity index (χ4n) is 3.06. The number of hydrogen-bond acceptors (Lipinski definition) is 6. The lowest BCUT2D eigenvalue weighted by molar-refractivity contribution is -0.274. The number of amides is 3. The summed E-state index contributed by atoms with van der Waals surface area (Å²) in [6.07, 6.45) is -5.12. The molecule has 0 saturated carbocycles. The van der Waals surface area contributed by atoms with Crippen molar-refractivity contribution in [3.8, 4) is 5.75 Å². The van der Waals surface area contributed by atoms with Crippen molar-refractivity contribution in [3.63, 3.8) is 0 Å². The second-order valence-electron chi connectivity index (χ2n) is 6.65. The number of hydrogen-bond donors (Lipinski definition) is 2. The molecule has 0 aromatic heterocycles. The summed E-state index contributed by atoms with van der Waals surface area (Å²) in [6.45, 7) is 3.04. The average Bonchev–Trinajstić information content (AvgIpc) is 2.91. The lowest BCUT2D eigenvalue weighted by atomic mass is 10.00. The maximum Gasteiger partial charge on any atom is 0.573 e. The molecule has 150 valence electrons. The maximum atomic E-state index is 12.7. The molecule has 8 nitrogen and oxygen atoms in total. The highest BCUT2D eigenvalue weighted by atomic mass is 32.1. The molecule has 3 rings (SSSR count). The van der Waals surface area contributed by atoms with E-state index in [1.54, 1.807) is 0 Å². The summed E-state index contributed by atoms with van der Waals surface area (Å²) < 4.78 is 40.9. The van der Waals surface area contributed by atoms with Crippen LogP contribution in [0.3, 0.4) is 0 Å². The van der Waals surface area contributed by atoms with Gasteiger partial charge in [-0.25, -0.2) is 5.01 Å². The Bertz CT molecular complexity index is 874. The van der Waals surface area contributed by atoms with Gasteiger partial charge in [0, 0.05) is 11.8 Å². The Hall–Kier alpha value is -2.73. The van der Waals surface area contributed by atoms with Crippen LogP contribution < -0.4 is 15.4 Å². The summed E-state index contributed by atoms with van der Waals surface area (Å²) in [5, 5.41) is 7.07. The predicted octanol–water partition coefficient (Wildman–Crippen LogP) is 1.53. The molecular formula is C16H15F3N4O4S. The van der Waals surface area contributed by atoms with Gasteiger partial charge in [0.15, 0.2) is 5.11 Å². The Morgan fingerprint density at radius 2 is 2.04 bits per heavy atom. The second kappa shape index (κ2) is 6.71. The van der Waals surface area contributed by atoms with E-state index in [0.29, 0.717) is 0 Å². The molecule has 2 heterocycles. The van der Waals surface area contributed by atoms with Gasteiger partial charge in [-0.3, -0.25) is 19.7 Å². The standard InChI is InChI=1S/C16H15F3N4O4S/c1-15(2)13(26)21-14(28)22-11(24)7-10(23(15)22)12(25)20-8-4-3-5-9(6-8)27-16(17,18)19/h3-6,10H,7H2,1-2H3,(H,20,25)(H,21,26,28)/t10-/m0/s1. The van der Waals surface area contributed by atoms with Crippen molar-refractivity contribution in [3.05, 3.63) is 24.3 Å². The Labute approximate surface area is 162 Å². The number of rotatable bonds is 3. The van der Waals surface area contributed by atoms with Crippen LogP contribution in [0.2, 0.25) is 0 Å². The molecule has 0 unspecified atom stereocenters. The van der Waals surface area contributed by atoms with Gasteiger partial charge in [-0.15, -0.1) is 13.2 Å². The van der Waals surface area contributed by atoms with Crippen LogP contribution in [-0.2, 0) is 14.4 Å². The van der Waals surface area contributed by atoms with E-state index in [9.17, 15) is 27.6 Å². The van der Waals surface area contributed by atoms with Gasteiger partial charge >= 0.3 is 6.36 Å². The molecule has 3 amide bonds. The van der Waals surface area contributed by atoms with Crippen LogP contribution in [0.15, 0.2) is 24.3 Å². The van der Waals surface area contributed by atoms with Crippen molar-refractivity contribution in [1.29, 1.82) is 0 Å². The van der Waals surface area contributed by atoms with Gasteiger partial charge in [-0.2, -0.15) is 5.01 Å². The highest BCUT2D eigenvalue weighted by molar-refractivity contribution is 7.80. The number of carbonyl (C=O) groups excluding carboxylic acids is 3. The molecule has 2 aliphatic rings. The summed E-state index contributed by atoms with van der Waals surface area (Å²) in [6, 6.07) is 3.66. The van der Waals surface area contributed by atoms with E-state index in [4.69, 9.17) is 12.2 Å². The van der Waals surface area contributed by atoms with Crippen molar-refractivity contribution in [2.75, 3.05) is 5.32 Å². The number of alkyl halides is 3. The molecule has 2 aliphatic heterocycles. The summed E-state index contributed by atoms with van der Waals surface area (Å²) in [7, 11) is 0. The molecule has 1 atom stereocenters. The Morgan fingerprint density at radius 3 is 2.68 bits per heavy atom. The van der Waals surface area contributed by atoms with E-state index in [-0.39, 0.29) is 17.2 Å². The minimum absolute atomic E-state index is 0.0412. The molecule has 0 spiro atoms. The molecule has 0 aliphatic carbocycles. The van der Waals surface area contributed by atoms with Gasteiger partial charge in [-0.1, -0.05) is 6.07 Å². The van der Waals surface area contributed by atoms with Crippen LogP contribution in [0.25, 0.3) is 0 Å². The smallest absolute Gasteiger partial charge is 0.406 e. The maximum absolute atomic E-state index is 12.7. The number of ether oxygens (including phenoxy) is 1. The third kappa shape index (κ3) is 3.64. The van der Waals surface area contributed by atoms with E-state index in [0.717, 1.165) is 17.1 Å². The monoisotopic (exact) mass is 416 g/mol. The first-order chi connectivity index (χ1) is 12.9. The number of nitrogens with zero attached hydrogens (tertiary/aromatic N) is 2. The van der Waals surface area contributed by atoms with Crippen LogP contribution in [0, 0.1) is 0 Å². The van der Waals surface area contributed by atoms with Crippen molar-refractivity contribution in [2.45, 2.75) is 38.2 Å². The van der Waals surface area contributed by atoms with Crippen LogP contribution in [-0.4, -0.2) is 50.8 Å². The van der Waals surface area contributed by atoms with E-state index < -0.39 is 41.4 Å². The molecule has 1 aromatic carbocycles. The minimum Gasteiger partial charge on any atom is -0.406 e. The summed E-state index contributed by atoms with van der Waals surface area (Å²) in [5.74, 6) is -2.15. The molecule has 1 aromatic rings. The number of thiocarbonyl (C=S) groups is 1. The largest absolute Gasteiger partial charge is 0.573 e. The topological polar surface area (TPSA) is 91.0 Å². The van der Waals surface area contributed by atoms with Crippen LogP contribution >= 0.6 is 12.2 Å². The third-order valence-corrected chi connectivity index (χ3v) is 4.57. The number of carbonyl (C=O) groups is 3. The Kier molecular flexibility index (Phi) is 4.79. The first-order valence-electron chi connectivity index (χ1n) is 8.04. The molecule has 28 heavy (non-hydrogen) atoms. The highest BCUT2D eigenvalue weighted by Gasteiger charge is 2.56. The van der Waals surface area contributed by atoms with E-state index in [2.05, 4.69) is 15.4 Å². The van der Waals surface area contributed by atoms with E-state index in [1.807, 2.05) is 0 Å². The van der Waals surface area contributed by atoms with Crippen LogP contribution in [0.4, 0.5) is 18.9 Å². The molecule has 12 heteroatoms. The number of benzene rings is 1. The van der Waals surface area contributed by atoms with Crippen LogP contribution in [0.1, 0.15) is 20.3 Å². The lowest BCUT2D eigenvalue weighted by Gasteiger charge is -2.45. The molecule has 0 bridgehead atoms. The summed E-state index contributed by atoms with van der Waals surface area (Å²) >= 11 is 5.01. The zero-order valence-electron chi connectivity index (χ0n) is 14.7. The molecule has 2 saturated heterocycles. The number of nitrogens with one attached hydrogen (secondary N) is 2. The number of hydrazine groups is 1. The Morgan fingerprint density at radius 1 is 1.36 bits per heavy atom. The summed E-state index contributed by atoms with van der Waals surface area (Å²) in [5.41, 5.74) is -1.21. The first kappa shape index (κ1) is 20.0. The van der Waals surface area contributed by atoms with Gasteiger partial charge in [0.25, 0.3) is 0 Å². The fourth-order valence-corrected chi connectivity index (χ4v) is 3.34. The number of halogens is 3. The fraction of sp³-hybridized carbons (Fsp3) is 0.375. The average molecular weight is 416 g/mol. The third-order valence-electron chi connectivity index (χ3n) is 4.29. The van der Waals surface area contributed by atoms with E-state index in [1.165, 1.54) is 31.0 Å². The zero-order valence-corrected chi connectivity index (χ0v) is 15.5. The molecule has 0 radical (unpaired) electrons. The lowest BCUT2D eigenvalue weighted by Crippen LogP contribution is -2.71. The number of anilines is 1. The van der Waals surface area contributed by atoms with Crippen LogP contribution in [0.5, 0.6) is 5.75 Å². The van der Waals surface area contributed by atoms with Gasteiger partial charge in [0.2, 0.25) is 17.7 Å². The van der Waals surface area contributed by atoms with E-state index >= 15 is 0 Å². The Balaban J connectivity index is 1.83. The zero-order chi connectivity index (χ0) is 20.9. The van der Waals surface area contributed by atoms with Gasteiger partial charge in [-0.05, 0) is 38.2 Å². The molecular weight excluding hydrogens is 401 g/mol. The quantitative estimate of drug-likeness (QED) is 0.727. The van der Waals surface area contributed by atoms with Crippen molar-refractivity contribution >= 4 is 40.7 Å². The summed E-state index contributed by atoms with van der Waals surface area (Å²) in [4.78, 5) is 37.3. The van der Waals surface area contributed by atoms with Crippen molar-refractivity contribution in [2.24, 2.45) is 0 Å². The normalized spacial score (nSPS) is 22.0. The highest BCUT2D eigenvalue weighted by Crippen LogP contribution is 2.33. The number of fused-ring (bicyclic) bond motifs is 1. The predicted molar refractivity (Wildman–Crippen MR) is 93.7 cm³/mol. The van der Waals surface area contributed by atoms with Gasteiger partial charge in [0.05, 0.1) is 6.42 Å². The van der Waals surface area contributed by atoms with Crippen molar-refractivity contribution in [1.82, 2.24) is 15.3 Å². The van der Waals surface area contributed by atoms with Gasteiger partial charge < -0.3 is 10.1 Å². The van der Waals surface area contributed by atoms with Gasteiger partial charge in [0.1, 0.15) is 17.3 Å². The molecule has 2 fully saturated rings. The second-order valence-corrected chi connectivity index (χ2v) is 7.04. The van der Waals surface area contributed by atoms with Crippen molar-refractivity contribution < 1.29 is 32.3 Å². The minimum atomic E-state index is -4.87. The molecule has 2 N–H and O–H groups in total. The SMILES string of the molecule is CC1(C)C(=O)NC(=S)N2C(=O)C[C@@H](C(=O)Nc3cccc(OC(F)(F)F)c3)N21. The first-order valence-corrected chi connectivity index (χ1v) is 8.45.